The van der Waals surface area contributed by atoms with Gasteiger partial charge in [0.25, 0.3) is 0 Å². The number of ether oxygens (including phenoxy) is 1. The molecule has 1 aliphatic heterocycles. The summed E-state index contributed by atoms with van der Waals surface area (Å²) < 4.78 is 36.8. The molecule has 2 heterocycles. The number of aromatic nitrogens is 2. The van der Waals surface area contributed by atoms with Crippen molar-refractivity contribution in [3.8, 4) is 0 Å². The number of aryl methyl sites for hydroxylation is 1. The lowest BCUT2D eigenvalue weighted by atomic mass is 10.0. The topological polar surface area (TPSA) is 139 Å². The molecule has 0 N–H and O–H groups in total. The van der Waals surface area contributed by atoms with E-state index < -0.39 is 15.7 Å². The first kappa shape index (κ1) is 32.7. The average Bonchev–Trinajstić information content (AvgIpc) is 3.60. The minimum Gasteiger partial charge on any atom is -0.858 e. The van der Waals surface area contributed by atoms with Gasteiger partial charge in [0.2, 0.25) is 5.89 Å². The number of aliphatic imine (C=N–C) groups is 1. The largest absolute Gasteiger partial charge is 0.858 e. The Balaban J connectivity index is 0.000000510. The fraction of sp³-hybridized carbons (Fsp3) is 0.615. The molecule has 3 rings (SSSR count). The molecular formula is C26H40ClN5O6S. The van der Waals surface area contributed by atoms with Crippen molar-refractivity contribution < 1.29 is 32.0 Å². The quantitative estimate of drug-likeness (QED) is 0.209. The minimum atomic E-state index is -3.65. The lowest BCUT2D eigenvalue weighted by Crippen LogP contribution is -2.47. The Hall–Kier alpha value is -2.54. The van der Waals surface area contributed by atoms with E-state index in [2.05, 4.69) is 48.0 Å². The van der Waals surface area contributed by atoms with Crippen molar-refractivity contribution in [2.75, 3.05) is 45.6 Å². The molecule has 1 aromatic heterocycles. The van der Waals surface area contributed by atoms with E-state index in [0.717, 1.165) is 0 Å². The zero-order valence-electron chi connectivity index (χ0n) is 23.9. The first-order valence-electron chi connectivity index (χ1n) is 13.3. The second-order valence-corrected chi connectivity index (χ2v) is 11.6. The summed E-state index contributed by atoms with van der Waals surface area (Å²) in [6, 6.07) is 2.42. The van der Waals surface area contributed by atoms with Crippen LogP contribution < -0.4 is 5.11 Å². The van der Waals surface area contributed by atoms with Crippen LogP contribution in [0.3, 0.4) is 0 Å². The molecule has 0 spiro atoms. The monoisotopic (exact) mass is 585 g/mol. The van der Waals surface area contributed by atoms with Gasteiger partial charge in [0.1, 0.15) is 0 Å². The third-order valence-corrected chi connectivity index (χ3v) is 9.23. The van der Waals surface area contributed by atoms with Crippen LogP contribution in [0.1, 0.15) is 65.0 Å². The van der Waals surface area contributed by atoms with Gasteiger partial charge >= 0.3 is 6.01 Å². The second kappa shape index (κ2) is 14.7. The molecule has 0 aliphatic carbocycles. The molecule has 0 saturated carbocycles. The van der Waals surface area contributed by atoms with Crippen LogP contribution in [0.4, 0.5) is 6.01 Å². The number of quaternary nitrogens is 1. The van der Waals surface area contributed by atoms with Gasteiger partial charge in [-0.1, -0.05) is 41.8 Å². The van der Waals surface area contributed by atoms with Gasteiger partial charge in [-0.15, -0.1) is 5.10 Å². The minimum absolute atomic E-state index is 0.0177. The van der Waals surface area contributed by atoms with Crippen LogP contribution in [0.2, 0.25) is 5.02 Å². The predicted molar refractivity (Wildman–Crippen MR) is 149 cm³/mol. The van der Waals surface area contributed by atoms with Crippen LogP contribution in [-0.2, 0) is 25.8 Å². The maximum atomic E-state index is 12.7. The predicted octanol–water partition coefficient (Wildman–Crippen LogP) is 3.54. The van der Waals surface area contributed by atoms with E-state index in [4.69, 9.17) is 25.6 Å². The van der Waals surface area contributed by atoms with Gasteiger partial charge < -0.3 is 23.6 Å². The van der Waals surface area contributed by atoms with E-state index in [9.17, 15) is 13.5 Å². The highest BCUT2D eigenvalue weighted by Gasteiger charge is 2.30. The van der Waals surface area contributed by atoms with Gasteiger partial charge in [-0.05, 0) is 33.8 Å². The number of sulfone groups is 1. The summed E-state index contributed by atoms with van der Waals surface area (Å²) in [5, 5.41) is 24.0. The molecule has 0 radical (unpaired) electrons. The van der Waals surface area contributed by atoms with Crippen LogP contribution >= 0.6 is 11.6 Å². The third kappa shape index (κ3) is 8.00. The highest BCUT2D eigenvalue weighted by molar-refractivity contribution is 7.91. The molecule has 1 unspecified atom stereocenters. The fourth-order valence-electron chi connectivity index (χ4n) is 4.18. The standard InChI is InChI=1S/C18H21ClN4O6S.C8H20N/c1-4-14-21-22-18(28-14)20-17(24)11-6-7-13(30(25,26)5-2)15(16(11)19)12-8-10(9-27-3)29-23-12;1-5-9(6-2,7-3)8-4/h6-7,10H,4-5,8-9H2,1-3H3,(H,20,22,24);5-8H2,1-4H3/q;+1/p-1. The maximum Gasteiger partial charge on any atom is 0.341 e. The number of benzene rings is 1. The summed E-state index contributed by atoms with van der Waals surface area (Å²) >= 11 is 6.50. The molecule has 1 aliphatic rings. The van der Waals surface area contributed by atoms with Gasteiger partial charge in [-0.2, -0.15) is 0 Å². The normalized spacial score (nSPS) is 15.9. The number of halogens is 1. The average molecular weight is 586 g/mol. The lowest BCUT2D eigenvalue weighted by molar-refractivity contribution is -0.921. The zero-order chi connectivity index (χ0) is 29.2. The van der Waals surface area contributed by atoms with Gasteiger partial charge in [0.15, 0.2) is 15.9 Å². The smallest absolute Gasteiger partial charge is 0.341 e. The van der Waals surface area contributed by atoms with Crippen molar-refractivity contribution in [2.24, 2.45) is 10.1 Å². The molecule has 0 fully saturated rings. The van der Waals surface area contributed by atoms with E-state index in [1.807, 2.05) is 6.92 Å². The molecular weight excluding hydrogens is 546 g/mol. The van der Waals surface area contributed by atoms with Crippen LogP contribution in [0.5, 0.6) is 0 Å². The molecule has 13 heteroatoms. The van der Waals surface area contributed by atoms with E-state index in [1.165, 1.54) is 56.8 Å². The Morgan fingerprint density at radius 3 is 2.26 bits per heavy atom. The highest BCUT2D eigenvalue weighted by atomic mass is 35.5. The van der Waals surface area contributed by atoms with Crippen LogP contribution in [0.15, 0.2) is 31.6 Å². The van der Waals surface area contributed by atoms with Crippen LogP contribution in [0.25, 0.3) is 0 Å². The van der Waals surface area contributed by atoms with Crippen LogP contribution in [0, 0.1) is 0 Å². The van der Waals surface area contributed by atoms with Crippen LogP contribution in [-0.4, -0.2) is 86.5 Å². The Kier molecular flexibility index (Phi) is 12.3. The Bertz CT molecular complexity index is 1240. The highest BCUT2D eigenvalue weighted by Crippen LogP contribution is 2.33. The second-order valence-electron chi connectivity index (χ2n) is 8.98. The van der Waals surface area contributed by atoms with Gasteiger partial charge in [-0.3, -0.25) is 0 Å². The number of methoxy groups -OCH3 is 1. The van der Waals surface area contributed by atoms with Crippen molar-refractivity contribution >= 4 is 39.1 Å². The molecule has 218 valence electrons. The van der Waals surface area contributed by atoms with Crippen molar-refractivity contribution in [3.05, 3.63) is 34.2 Å². The summed E-state index contributed by atoms with van der Waals surface area (Å²) in [7, 11) is -2.14. The summed E-state index contributed by atoms with van der Waals surface area (Å²) in [6.07, 6.45) is 0.388. The number of rotatable bonds is 12. The number of oxime groups is 1. The van der Waals surface area contributed by atoms with Gasteiger partial charge in [0, 0.05) is 37.0 Å². The Labute approximate surface area is 236 Å². The van der Waals surface area contributed by atoms with Gasteiger partial charge in [0.05, 0.1) is 54.2 Å². The molecule has 0 bridgehead atoms. The summed E-state index contributed by atoms with van der Waals surface area (Å²) in [5.41, 5.74) is 0.420. The zero-order valence-corrected chi connectivity index (χ0v) is 25.4. The number of nitrogens with zero attached hydrogens (tertiary/aromatic N) is 5. The van der Waals surface area contributed by atoms with Crippen molar-refractivity contribution in [1.82, 2.24) is 10.2 Å². The molecule has 0 amide bonds. The van der Waals surface area contributed by atoms with Gasteiger partial charge in [-0.25, -0.2) is 13.4 Å². The van der Waals surface area contributed by atoms with Crippen molar-refractivity contribution in [2.45, 2.75) is 65.4 Å². The van der Waals surface area contributed by atoms with E-state index in [-0.39, 0.29) is 51.9 Å². The SMILES string of the molecule is CC[N+](CC)(CC)CC.CCc1nnc(N=C([O-])c2ccc(S(=O)(=O)CC)c(C3=NOC(COC)C3)c2Cl)o1. The third-order valence-electron chi connectivity index (χ3n) is 7.06. The maximum absolute atomic E-state index is 12.7. The molecule has 11 nitrogen and oxygen atoms in total. The summed E-state index contributed by atoms with van der Waals surface area (Å²) in [5.74, 6) is -0.564. The van der Waals surface area contributed by atoms with Crippen molar-refractivity contribution in [3.63, 3.8) is 0 Å². The summed E-state index contributed by atoms with van der Waals surface area (Å²) in [4.78, 5) is 9.04. The molecule has 39 heavy (non-hydrogen) atoms. The molecule has 2 aromatic rings. The first-order valence-corrected chi connectivity index (χ1v) is 15.3. The Morgan fingerprint density at radius 1 is 1.13 bits per heavy atom. The molecule has 1 atom stereocenters. The summed E-state index contributed by atoms with van der Waals surface area (Å²) in [6.45, 7) is 17.8. The van der Waals surface area contributed by atoms with E-state index in [0.29, 0.717) is 18.0 Å². The van der Waals surface area contributed by atoms with E-state index in [1.54, 1.807) is 0 Å². The molecule has 1 aromatic carbocycles. The number of hydrogen-bond donors (Lipinski definition) is 0. The Morgan fingerprint density at radius 2 is 1.77 bits per heavy atom. The van der Waals surface area contributed by atoms with E-state index >= 15 is 0 Å². The fourth-order valence-corrected chi connectivity index (χ4v) is 5.71. The lowest BCUT2D eigenvalue weighted by Gasteiger charge is -2.34. The van der Waals surface area contributed by atoms with Crippen molar-refractivity contribution in [1.29, 1.82) is 0 Å². The molecule has 0 saturated heterocycles. The number of hydrogen-bond acceptors (Lipinski definition) is 10. The first-order chi connectivity index (χ1) is 18.5.